The van der Waals surface area contributed by atoms with E-state index in [4.69, 9.17) is 57.6 Å². The number of phosphoric ester groups is 2. The fourth-order valence-electron chi connectivity index (χ4n) is 7.60. The highest BCUT2D eigenvalue weighted by atomic mass is 32.2. The molecule has 4 aliphatic heterocycles. The highest BCUT2D eigenvalue weighted by Gasteiger charge is 2.62. The van der Waals surface area contributed by atoms with Crippen LogP contribution in [0.15, 0.2) is 12.7 Å². The van der Waals surface area contributed by atoms with Crippen LogP contribution in [0.3, 0.4) is 0 Å². The van der Waals surface area contributed by atoms with Gasteiger partial charge >= 0.3 is 15.6 Å². The maximum atomic E-state index is 13.1. The standard InChI is InChI=1S/2C20H30N5O9PS/c2*1-5-30-15-12-14(23-18(21)24-15)25(10-22-12)16-20(4,28)13-11(33-16)8-32-35(29,34-13)31-6-7-36-17(27)19(2,3)9-26/h2*10-11,13,16,26,28H,5-9H2,1-4H3,(H2,21,23,24)/t2*11-,13-,16-,20-,35?/m11/s1. The molecule has 8 rings (SSSR count). The van der Waals surface area contributed by atoms with Crippen LogP contribution in [0.5, 0.6) is 11.8 Å². The lowest BCUT2D eigenvalue weighted by atomic mass is 9.96. The van der Waals surface area contributed by atoms with Gasteiger partial charge in [-0.05, 0) is 55.4 Å². The second-order valence-electron chi connectivity index (χ2n) is 18.4. The molecule has 0 aromatic carbocycles. The summed E-state index contributed by atoms with van der Waals surface area (Å²) in [5.41, 5.74) is 7.71. The molecule has 0 spiro atoms. The third-order valence-electron chi connectivity index (χ3n) is 11.6. The van der Waals surface area contributed by atoms with Crippen LogP contribution in [0.1, 0.15) is 67.8 Å². The minimum absolute atomic E-state index is 0.0426. The van der Waals surface area contributed by atoms with E-state index < -0.39 is 74.5 Å². The number of thioether (sulfide) groups is 2. The Bertz CT molecular complexity index is 2530. The second kappa shape index (κ2) is 21.9. The van der Waals surface area contributed by atoms with Gasteiger partial charge in [-0.3, -0.25) is 45.9 Å². The van der Waals surface area contributed by atoms with Gasteiger partial charge in [-0.15, -0.1) is 0 Å². The van der Waals surface area contributed by atoms with Gasteiger partial charge in [0.15, 0.2) is 45.0 Å². The van der Waals surface area contributed by atoms with Gasteiger partial charge in [-0.1, -0.05) is 23.5 Å². The number of imidazole rings is 2. The van der Waals surface area contributed by atoms with Crippen molar-refractivity contribution in [3.63, 3.8) is 0 Å². The number of phosphoric acid groups is 2. The molecule has 4 aromatic heterocycles. The highest BCUT2D eigenvalue weighted by Crippen LogP contribution is 2.60. The molecule has 4 saturated heterocycles. The summed E-state index contributed by atoms with van der Waals surface area (Å²) >= 11 is 1.89. The molecule has 0 bridgehead atoms. The number of aromatic nitrogens is 8. The van der Waals surface area contributed by atoms with Crippen LogP contribution in [-0.2, 0) is 55.3 Å². The van der Waals surface area contributed by atoms with Crippen LogP contribution in [-0.4, -0.2) is 170 Å². The summed E-state index contributed by atoms with van der Waals surface area (Å²) < 4.78 is 84.8. The molecular weight excluding hydrogens is 1030 g/mol. The summed E-state index contributed by atoms with van der Waals surface area (Å²) in [6, 6.07) is 0. The average Bonchev–Trinajstić information content (AvgIpc) is 4.07. The Balaban J connectivity index is 0.000000211. The molecular formula is C40H60N10O18P2S2. The summed E-state index contributed by atoms with van der Waals surface area (Å²) in [4.78, 5) is 49.4. The Hall–Kier alpha value is -3.68. The lowest BCUT2D eigenvalue weighted by Gasteiger charge is -2.35. The predicted molar refractivity (Wildman–Crippen MR) is 256 cm³/mol. The molecule has 10 atom stereocenters. The first kappa shape index (κ1) is 56.1. The van der Waals surface area contributed by atoms with Crippen molar-refractivity contribution in [1.82, 2.24) is 39.0 Å². The van der Waals surface area contributed by atoms with Crippen LogP contribution < -0.4 is 20.9 Å². The molecule has 0 saturated carbocycles. The largest absolute Gasteiger partial charge is 0.476 e. The van der Waals surface area contributed by atoms with Crippen molar-refractivity contribution >= 4 is 83.6 Å². The van der Waals surface area contributed by atoms with Crippen molar-refractivity contribution in [2.45, 2.75) is 103 Å². The zero-order chi connectivity index (χ0) is 52.6. The number of carbonyl (C=O) groups is 2. The van der Waals surface area contributed by atoms with Gasteiger partial charge in [0.05, 0.1) is 76.3 Å². The van der Waals surface area contributed by atoms with Crippen molar-refractivity contribution in [1.29, 1.82) is 0 Å². The number of aliphatic hydroxyl groups excluding tert-OH is 2. The first-order valence-corrected chi connectivity index (χ1v) is 27.5. The molecule has 2 unspecified atom stereocenters. The van der Waals surface area contributed by atoms with Gasteiger partial charge in [-0.2, -0.15) is 19.9 Å². The maximum Gasteiger partial charge on any atom is 0.475 e. The first-order valence-electron chi connectivity index (χ1n) is 22.6. The number of rotatable bonds is 18. The third kappa shape index (κ3) is 11.6. The number of aliphatic hydroxyl groups is 4. The Kier molecular flexibility index (Phi) is 17.0. The van der Waals surface area contributed by atoms with Crippen molar-refractivity contribution in [3.8, 4) is 11.8 Å². The van der Waals surface area contributed by atoms with Crippen molar-refractivity contribution in [2.75, 3.05) is 75.8 Å². The number of anilines is 2. The number of hydrogen-bond donors (Lipinski definition) is 6. The van der Waals surface area contributed by atoms with E-state index in [0.717, 1.165) is 23.5 Å². The van der Waals surface area contributed by atoms with Crippen LogP contribution in [0, 0.1) is 10.8 Å². The van der Waals surface area contributed by atoms with Crippen LogP contribution >= 0.6 is 39.2 Å². The number of nitrogen functional groups attached to an aromatic ring is 2. The van der Waals surface area contributed by atoms with Gasteiger partial charge in [0.1, 0.15) is 35.6 Å². The normalized spacial score (nSPS) is 30.4. The predicted octanol–water partition coefficient (Wildman–Crippen LogP) is 2.55. The quantitative estimate of drug-likeness (QED) is 0.0616. The molecule has 4 fully saturated rings. The molecule has 4 aromatic rings. The fraction of sp³-hybridized carbons (Fsp3) is 0.700. The van der Waals surface area contributed by atoms with E-state index in [-0.39, 0.29) is 96.3 Å². The number of nitrogens with two attached hydrogens (primary N) is 2. The molecule has 72 heavy (non-hydrogen) atoms. The van der Waals surface area contributed by atoms with Gasteiger partial charge in [0, 0.05) is 11.5 Å². The van der Waals surface area contributed by atoms with E-state index in [1.54, 1.807) is 41.5 Å². The van der Waals surface area contributed by atoms with E-state index in [9.17, 15) is 39.1 Å². The summed E-state index contributed by atoms with van der Waals surface area (Å²) in [5, 5.41) is 40.9. The Morgan fingerprint density at radius 1 is 0.722 bits per heavy atom. The summed E-state index contributed by atoms with van der Waals surface area (Å²) in [6.07, 6.45) is -2.90. The smallest absolute Gasteiger partial charge is 0.475 e. The Morgan fingerprint density at radius 3 is 1.44 bits per heavy atom. The third-order valence-corrected chi connectivity index (χ3v) is 16.9. The number of ether oxygens (including phenoxy) is 4. The van der Waals surface area contributed by atoms with E-state index in [0.29, 0.717) is 24.2 Å². The molecule has 4 aliphatic rings. The van der Waals surface area contributed by atoms with Crippen molar-refractivity contribution < 1.29 is 85.2 Å². The van der Waals surface area contributed by atoms with E-state index in [2.05, 4.69) is 29.9 Å². The average molecular weight is 1100 g/mol. The molecule has 8 N–H and O–H groups in total. The SMILES string of the molecule is CCOc1nc(N)nc2c1ncn2[C@@H]1O[C@@H]2COP(=O)(OCCSC(=O)C(C)(C)CO)O[C@H]2[C@@]1(C)O.CCOc1nc(N)nc2c1ncn2[C@@H]1O[C@@H]2COP(=O)(OCCSC(=O)C(C)(C)CO)O[C@H]2[C@@]1(C)O. The Morgan fingerprint density at radius 2 is 1.10 bits per heavy atom. The van der Waals surface area contributed by atoms with E-state index in [1.807, 2.05) is 0 Å². The molecule has 400 valence electrons. The zero-order valence-corrected chi connectivity index (χ0v) is 44.1. The van der Waals surface area contributed by atoms with E-state index >= 15 is 0 Å². The van der Waals surface area contributed by atoms with Gasteiger partial charge in [0.2, 0.25) is 23.7 Å². The summed E-state index contributed by atoms with van der Waals surface area (Å²) in [5.74, 6) is 0.660. The molecule has 32 heteroatoms. The highest BCUT2D eigenvalue weighted by molar-refractivity contribution is 8.14. The lowest BCUT2D eigenvalue weighted by Crippen LogP contribution is -2.47. The Labute approximate surface area is 421 Å². The van der Waals surface area contributed by atoms with Gasteiger partial charge in [0.25, 0.3) is 0 Å². The lowest BCUT2D eigenvalue weighted by molar-refractivity contribution is -0.120. The summed E-state index contributed by atoms with van der Waals surface area (Å²) in [6.45, 7) is 12.6. The second-order valence-corrected chi connectivity index (χ2v) is 23.7. The minimum atomic E-state index is -4.05. The van der Waals surface area contributed by atoms with Crippen LogP contribution in [0.4, 0.5) is 11.9 Å². The number of fused-ring (bicyclic) bond motifs is 4. The van der Waals surface area contributed by atoms with Crippen molar-refractivity contribution in [3.05, 3.63) is 12.7 Å². The molecule has 0 amide bonds. The first-order chi connectivity index (χ1) is 33.8. The number of carbonyl (C=O) groups excluding carboxylic acids is 2. The van der Waals surface area contributed by atoms with Gasteiger partial charge in [-0.25, -0.2) is 19.1 Å². The zero-order valence-electron chi connectivity index (χ0n) is 40.6. The molecule has 0 aliphatic carbocycles. The van der Waals surface area contributed by atoms with Gasteiger partial charge < -0.3 is 50.8 Å². The minimum Gasteiger partial charge on any atom is -0.476 e. The van der Waals surface area contributed by atoms with Crippen LogP contribution in [0.2, 0.25) is 0 Å². The molecule has 8 heterocycles. The fourth-order valence-corrected chi connectivity index (χ4v) is 12.4. The topological polar surface area (TPSA) is 381 Å². The van der Waals surface area contributed by atoms with Crippen molar-refractivity contribution in [2.24, 2.45) is 10.8 Å². The molecule has 0 radical (unpaired) electrons. The summed E-state index contributed by atoms with van der Waals surface area (Å²) in [7, 11) is -8.10. The number of nitrogens with zero attached hydrogens (tertiary/aromatic N) is 8. The monoisotopic (exact) mass is 1090 g/mol. The molecule has 28 nitrogen and oxygen atoms in total. The van der Waals surface area contributed by atoms with Crippen LogP contribution in [0.25, 0.3) is 22.3 Å². The maximum absolute atomic E-state index is 13.1. The van der Waals surface area contributed by atoms with E-state index in [1.165, 1.54) is 35.6 Å². The number of hydrogen-bond acceptors (Lipinski definition) is 28.